The van der Waals surface area contributed by atoms with E-state index in [-0.39, 0.29) is 23.9 Å². The maximum absolute atomic E-state index is 12.7. The van der Waals surface area contributed by atoms with Crippen LogP contribution in [0.15, 0.2) is 0 Å². The van der Waals surface area contributed by atoms with Gasteiger partial charge < -0.3 is 9.80 Å². The highest BCUT2D eigenvalue weighted by atomic mass is 32.2. The Kier molecular flexibility index (Phi) is 4.61. The number of nitrogens with zero attached hydrogens (tertiary/aromatic N) is 3. The molecule has 2 heterocycles. The van der Waals surface area contributed by atoms with E-state index in [4.69, 9.17) is 0 Å². The molecule has 3 aliphatic rings. The molecule has 122 valence electrons. The van der Waals surface area contributed by atoms with Crippen molar-refractivity contribution in [2.45, 2.75) is 44.2 Å². The predicted octanol–water partition coefficient (Wildman–Crippen LogP) is 1.16. The van der Waals surface area contributed by atoms with E-state index in [2.05, 4.69) is 0 Å². The summed E-state index contributed by atoms with van der Waals surface area (Å²) >= 11 is 1.49. The standard InChI is InChI=1S/C15H23N3O3S/c1-22-10-13(19)16-7-8-17-12(9-16)14(20)18(15(17)21)11-5-3-2-4-6-11/h11-12H,2-10H2,1H3. The Morgan fingerprint density at radius 2 is 1.91 bits per heavy atom. The lowest BCUT2D eigenvalue weighted by Gasteiger charge is -2.35. The monoisotopic (exact) mass is 325 g/mol. The van der Waals surface area contributed by atoms with Gasteiger partial charge in [-0.2, -0.15) is 11.8 Å². The van der Waals surface area contributed by atoms with Crippen LogP contribution in [0, 0.1) is 0 Å². The van der Waals surface area contributed by atoms with Crippen LogP contribution in [0.5, 0.6) is 0 Å². The van der Waals surface area contributed by atoms with Gasteiger partial charge in [-0.1, -0.05) is 19.3 Å². The van der Waals surface area contributed by atoms with Crippen molar-refractivity contribution in [1.82, 2.24) is 14.7 Å². The van der Waals surface area contributed by atoms with Gasteiger partial charge in [0.05, 0.1) is 12.3 Å². The van der Waals surface area contributed by atoms with Crippen molar-refractivity contribution in [1.29, 1.82) is 0 Å². The van der Waals surface area contributed by atoms with Gasteiger partial charge in [-0.05, 0) is 19.1 Å². The molecule has 2 aliphatic heterocycles. The van der Waals surface area contributed by atoms with Gasteiger partial charge in [-0.25, -0.2) is 4.79 Å². The molecule has 1 unspecified atom stereocenters. The molecule has 3 rings (SSSR count). The first-order valence-electron chi connectivity index (χ1n) is 8.04. The van der Waals surface area contributed by atoms with Crippen LogP contribution in [0.4, 0.5) is 4.79 Å². The SMILES string of the molecule is CSCC(=O)N1CCN2C(=O)N(C3CCCCC3)C(=O)C2C1. The molecule has 3 fully saturated rings. The summed E-state index contributed by atoms with van der Waals surface area (Å²) < 4.78 is 0. The van der Waals surface area contributed by atoms with Gasteiger partial charge in [0, 0.05) is 19.1 Å². The zero-order valence-electron chi connectivity index (χ0n) is 13.0. The van der Waals surface area contributed by atoms with Gasteiger partial charge in [-0.15, -0.1) is 0 Å². The molecule has 4 amide bonds. The second-order valence-electron chi connectivity index (χ2n) is 6.26. The summed E-state index contributed by atoms with van der Waals surface area (Å²) in [6, 6.07) is -0.539. The maximum atomic E-state index is 12.7. The highest BCUT2D eigenvalue weighted by molar-refractivity contribution is 7.99. The van der Waals surface area contributed by atoms with Crippen LogP contribution in [0.1, 0.15) is 32.1 Å². The Morgan fingerprint density at radius 1 is 1.18 bits per heavy atom. The number of hydrogen-bond donors (Lipinski definition) is 0. The summed E-state index contributed by atoms with van der Waals surface area (Å²) in [5.74, 6) is 0.392. The number of amides is 4. The third kappa shape index (κ3) is 2.71. The lowest BCUT2D eigenvalue weighted by atomic mass is 9.94. The van der Waals surface area contributed by atoms with Crippen LogP contribution in [0.3, 0.4) is 0 Å². The number of imide groups is 1. The lowest BCUT2D eigenvalue weighted by molar-refractivity contribution is -0.135. The molecular formula is C15H23N3O3S. The fourth-order valence-corrected chi connectivity index (χ4v) is 4.16. The normalized spacial score (nSPS) is 26.6. The van der Waals surface area contributed by atoms with Gasteiger partial charge in [0.15, 0.2) is 0 Å². The number of rotatable bonds is 3. The lowest BCUT2D eigenvalue weighted by Crippen LogP contribution is -2.55. The average molecular weight is 325 g/mol. The number of hydrogen-bond acceptors (Lipinski definition) is 4. The fraction of sp³-hybridized carbons (Fsp3) is 0.800. The van der Waals surface area contributed by atoms with Gasteiger partial charge in [0.25, 0.3) is 5.91 Å². The Morgan fingerprint density at radius 3 is 2.59 bits per heavy atom. The summed E-state index contributed by atoms with van der Waals surface area (Å²) in [7, 11) is 0. The van der Waals surface area contributed by atoms with Crippen molar-refractivity contribution in [3.05, 3.63) is 0 Å². The van der Waals surface area contributed by atoms with Crippen LogP contribution < -0.4 is 0 Å². The zero-order chi connectivity index (χ0) is 15.7. The summed E-state index contributed by atoms with van der Waals surface area (Å²) in [6.07, 6.45) is 7.11. The summed E-state index contributed by atoms with van der Waals surface area (Å²) in [6.45, 7) is 1.36. The second kappa shape index (κ2) is 6.48. The topological polar surface area (TPSA) is 60.9 Å². The van der Waals surface area contributed by atoms with Gasteiger partial charge >= 0.3 is 6.03 Å². The van der Waals surface area contributed by atoms with E-state index in [1.807, 2.05) is 6.26 Å². The number of carbonyl (C=O) groups is 3. The molecule has 22 heavy (non-hydrogen) atoms. The van der Waals surface area contributed by atoms with Crippen molar-refractivity contribution in [3.63, 3.8) is 0 Å². The average Bonchev–Trinajstić information content (AvgIpc) is 2.79. The molecule has 7 heteroatoms. The molecule has 1 saturated carbocycles. The first-order valence-corrected chi connectivity index (χ1v) is 9.43. The molecule has 0 N–H and O–H groups in total. The van der Waals surface area contributed by atoms with Crippen molar-refractivity contribution in [2.75, 3.05) is 31.6 Å². The van der Waals surface area contributed by atoms with E-state index < -0.39 is 6.04 Å². The minimum atomic E-state index is -0.464. The quantitative estimate of drug-likeness (QED) is 0.731. The Balaban J connectivity index is 1.71. The number of fused-ring (bicyclic) bond motifs is 1. The smallest absolute Gasteiger partial charge is 0.327 e. The van der Waals surface area contributed by atoms with Crippen LogP contribution in [0.25, 0.3) is 0 Å². The number of carbonyl (C=O) groups excluding carboxylic acids is 3. The molecule has 0 radical (unpaired) electrons. The third-order valence-electron chi connectivity index (χ3n) is 4.92. The number of thioether (sulfide) groups is 1. The predicted molar refractivity (Wildman–Crippen MR) is 84.6 cm³/mol. The Hall–Kier alpha value is -1.24. The van der Waals surface area contributed by atoms with Crippen LogP contribution in [-0.2, 0) is 9.59 Å². The fourth-order valence-electron chi connectivity index (χ4n) is 3.73. The van der Waals surface area contributed by atoms with Gasteiger partial charge in [0.1, 0.15) is 6.04 Å². The largest absolute Gasteiger partial charge is 0.338 e. The second-order valence-corrected chi connectivity index (χ2v) is 7.13. The molecule has 1 atom stereocenters. The molecular weight excluding hydrogens is 302 g/mol. The third-order valence-corrected chi connectivity index (χ3v) is 5.45. The minimum absolute atomic E-state index is 0.0588. The van der Waals surface area contributed by atoms with Crippen molar-refractivity contribution >= 4 is 29.6 Å². The number of piperazine rings is 1. The molecule has 0 aromatic heterocycles. The van der Waals surface area contributed by atoms with Crippen molar-refractivity contribution < 1.29 is 14.4 Å². The molecule has 1 aliphatic carbocycles. The highest BCUT2D eigenvalue weighted by Gasteiger charge is 2.50. The molecule has 0 spiro atoms. The van der Waals surface area contributed by atoms with E-state index >= 15 is 0 Å². The van der Waals surface area contributed by atoms with Crippen LogP contribution >= 0.6 is 11.8 Å². The molecule has 6 nitrogen and oxygen atoms in total. The summed E-state index contributed by atoms with van der Waals surface area (Å²) in [5.41, 5.74) is 0. The van der Waals surface area contributed by atoms with E-state index in [0.29, 0.717) is 25.4 Å². The first-order chi connectivity index (χ1) is 10.6. The van der Waals surface area contributed by atoms with Gasteiger partial charge in [-0.3, -0.25) is 14.5 Å². The Labute approximate surface area is 135 Å². The van der Waals surface area contributed by atoms with E-state index in [0.717, 1.165) is 25.7 Å². The van der Waals surface area contributed by atoms with Crippen LogP contribution in [0.2, 0.25) is 0 Å². The first kappa shape index (κ1) is 15.6. The molecule has 2 saturated heterocycles. The molecule has 0 aromatic carbocycles. The van der Waals surface area contributed by atoms with Crippen molar-refractivity contribution in [3.8, 4) is 0 Å². The highest BCUT2D eigenvalue weighted by Crippen LogP contribution is 2.30. The van der Waals surface area contributed by atoms with E-state index in [9.17, 15) is 14.4 Å². The van der Waals surface area contributed by atoms with Crippen LogP contribution in [-0.4, -0.2) is 76.3 Å². The van der Waals surface area contributed by atoms with Crippen molar-refractivity contribution in [2.24, 2.45) is 0 Å². The number of urea groups is 1. The maximum Gasteiger partial charge on any atom is 0.327 e. The van der Waals surface area contributed by atoms with E-state index in [1.54, 1.807) is 9.80 Å². The minimum Gasteiger partial charge on any atom is -0.338 e. The summed E-state index contributed by atoms with van der Waals surface area (Å²) in [5, 5.41) is 0. The molecule has 0 aromatic rings. The Bertz CT molecular complexity index is 479. The van der Waals surface area contributed by atoms with E-state index in [1.165, 1.54) is 23.1 Å². The van der Waals surface area contributed by atoms with Gasteiger partial charge in [0.2, 0.25) is 5.91 Å². The zero-order valence-corrected chi connectivity index (χ0v) is 13.8. The molecule has 0 bridgehead atoms. The summed E-state index contributed by atoms with van der Waals surface area (Å²) in [4.78, 5) is 42.2.